The number of benzene rings is 2. The van der Waals surface area contributed by atoms with Gasteiger partial charge in [-0.25, -0.2) is 14.0 Å². The van der Waals surface area contributed by atoms with Gasteiger partial charge in [0.15, 0.2) is 11.5 Å². The number of fused-ring (bicyclic) bond motifs is 1. The highest BCUT2D eigenvalue weighted by Gasteiger charge is 2.50. The van der Waals surface area contributed by atoms with Crippen molar-refractivity contribution in [1.82, 2.24) is 10.2 Å². The van der Waals surface area contributed by atoms with E-state index in [1.165, 1.54) is 5.56 Å². The average molecular weight is 610 g/mol. The highest BCUT2D eigenvalue weighted by Crippen LogP contribution is 2.49. The fourth-order valence-electron chi connectivity index (χ4n) is 5.62. The summed E-state index contributed by atoms with van der Waals surface area (Å²) in [5, 5.41) is 12.4. The van der Waals surface area contributed by atoms with Crippen LogP contribution >= 0.6 is 0 Å². The van der Waals surface area contributed by atoms with Crippen molar-refractivity contribution >= 4 is 17.7 Å². The van der Waals surface area contributed by atoms with Crippen molar-refractivity contribution in [3.8, 4) is 11.5 Å². The third-order valence-corrected chi connectivity index (χ3v) is 7.44. The summed E-state index contributed by atoms with van der Waals surface area (Å²) in [6.45, 7) is 1.74. The molecule has 1 saturated carbocycles. The minimum Gasteiger partial charge on any atom is -0.493 e. The van der Waals surface area contributed by atoms with Crippen LogP contribution in [-0.4, -0.2) is 68.6 Å². The van der Waals surface area contributed by atoms with Crippen LogP contribution in [0.5, 0.6) is 11.5 Å². The molecular weight excluding hydrogens is 579 g/mol. The maximum atomic E-state index is 13.5. The van der Waals surface area contributed by atoms with Gasteiger partial charge in [-0.3, -0.25) is 0 Å². The smallest absolute Gasteiger partial charge is 0.490 e. The number of carboxylic acids is 1. The maximum Gasteiger partial charge on any atom is 0.490 e. The van der Waals surface area contributed by atoms with Gasteiger partial charge in [-0.15, -0.1) is 0 Å². The Morgan fingerprint density at radius 3 is 2.24 bits per heavy atom. The Morgan fingerprint density at radius 2 is 1.67 bits per heavy atom. The summed E-state index contributed by atoms with van der Waals surface area (Å²) in [5.74, 6) is -2.53. The summed E-state index contributed by atoms with van der Waals surface area (Å²) < 4.78 is 95.1. The molecule has 1 heterocycles. The maximum absolute atomic E-state index is 13.5. The summed E-state index contributed by atoms with van der Waals surface area (Å²) in [6.07, 6.45) is -7.66. The molecule has 2 aromatic carbocycles. The molecule has 2 amide bonds. The Hall–Kier alpha value is -3.75. The number of hydrogen-bond acceptors (Lipinski definition) is 5. The van der Waals surface area contributed by atoms with Gasteiger partial charge in [-0.1, -0.05) is 6.07 Å². The lowest BCUT2D eigenvalue weighted by atomic mass is 9.63. The van der Waals surface area contributed by atoms with Crippen molar-refractivity contribution in [2.75, 3.05) is 39.7 Å². The largest absolute Gasteiger partial charge is 0.493 e. The third-order valence-electron chi connectivity index (χ3n) is 7.44. The predicted molar refractivity (Wildman–Crippen MR) is 137 cm³/mol. The number of carbonyl (C=O) groups is 2. The van der Waals surface area contributed by atoms with E-state index in [-0.39, 0.29) is 23.1 Å². The number of urea groups is 1. The number of carbonyl (C=O) groups excluding carboxylic acids is 1. The molecule has 0 radical (unpaired) electrons. The lowest BCUT2D eigenvalue weighted by molar-refractivity contribution is -0.192. The van der Waals surface area contributed by atoms with E-state index in [9.17, 15) is 35.5 Å². The standard InChI is InChI=1S/C25H29F4N3O3.C2HF3O2/c1-32-13-16-10-18(31-23(33)30-17-5-6-20(26)19(12-17)25(27,28)29)8-9-24(16,14-32)15-4-7-21(34-2)22(11-15)35-3;3-2(4,5)1(6)7/h4-7,11-12,16,18H,8-10,13-14H2,1-3H3,(H2,30,31,33);(H,6,7). The van der Waals surface area contributed by atoms with Crippen LogP contribution < -0.4 is 20.1 Å². The highest BCUT2D eigenvalue weighted by atomic mass is 19.4. The number of nitrogens with zero attached hydrogens (tertiary/aromatic N) is 1. The molecule has 2 aliphatic rings. The SMILES string of the molecule is COc1ccc(C23CCC(NC(=O)Nc4ccc(F)c(C(F)(F)F)c4)CC2CN(C)C3)cc1OC.O=C(O)C(F)(F)F. The molecule has 1 saturated heterocycles. The van der Waals surface area contributed by atoms with Crippen LogP contribution in [0, 0.1) is 11.7 Å². The molecule has 1 aliphatic carbocycles. The van der Waals surface area contributed by atoms with Crippen LogP contribution in [0.4, 0.5) is 41.2 Å². The Morgan fingerprint density at radius 1 is 1.02 bits per heavy atom. The van der Waals surface area contributed by atoms with E-state index in [2.05, 4.69) is 28.6 Å². The first-order valence-electron chi connectivity index (χ1n) is 12.7. The Balaban J connectivity index is 0.000000616. The highest BCUT2D eigenvalue weighted by molar-refractivity contribution is 5.89. The number of hydrogen-bond donors (Lipinski definition) is 3. The number of ether oxygens (including phenoxy) is 2. The van der Waals surface area contributed by atoms with Crippen molar-refractivity contribution in [3.63, 3.8) is 0 Å². The lowest BCUT2D eigenvalue weighted by Crippen LogP contribution is -2.48. The zero-order valence-corrected chi connectivity index (χ0v) is 22.8. The molecule has 2 fully saturated rings. The fourth-order valence-corrected chi connectivity index (χ4v) is 5.62. The second-order valence-electron chi connectivity index (χ2n) is 10.2. The molecule has 15 heteroatoms. The predicted octanol–water partition coefficient (Wildman–Crippen LogP) is 5.67. The van der Waals surface area contributed by atoms with Crippen LogP contribution in [0.15, 0.2) is 36.4 Å². The van der Waals surface area contributed by atoms with Crippen molar-refractivity contribution in [2.24, 2.45) is 5.92 Å². The number of methoxy groups -OCH3 is 2. The lowest BCUT2D eigenvalue weighted by Gasteiger charge is -2.42. The molecule has 42 heavy (non-hydrogen) atoms. The van der Waals surface area contributed by atoms with Gasteiger partial charge in [0.2, 0.25) is 0 Å². The minimum atomic E-state index is -5.08. The number of nitrogens with one attached hydrogen (secondary N) is 2. The summed E-state index contributed by atoms with van der Waals surface area (Å²) >= 11 is 0. The van der Waals surface area contributed by atoms with Crippen LogP contribution in [0.25, 0.3) is 0 Å². The molecule has 1 aliphatic heterocycles. The van der Waals surface area contributed by atoms with Gasteiger partial charge in [0, 0.05) is 30.2 Å². The number of carboxylic acid groups (broad SMARTS) is 1. The van der Waals surface area contributed by atoms with E-state index in [4.69, 9.17) is 19.4 Å². The normalized spacial score (nSPS) is 22.3. The molecule has 232 valence electrons. The van der Waals surface area contributed by atoms with E-state index in [0.29, 0.717) is 30.1 Å². The van der Waals surface area contributed by atoms with Crippen molar-refractivity contribution in [3.05, 3.63) is 53.3 Å². The quantitative estimate of drug-likeness (QED) is 0.378. The van der Waals surface area contributed by atoms with E-state index >= 15 is 0 Å². The van der Waals surface area contributed by atoms with Gasteiger partial charge >= 0.3 is 24.4 Å². The van der Waals surface area contributed by atoms with Gasteiger partial charge in [0.05, 0.1) is 19.8 Å². The average Bonchev–Trinajstić information content (AvgIpc) is 3.24. The number of likely N-dealkylation sites (tertiary alicyclic amines) is 1. The second kappa shape index (κ2) is 12.6. The number of alkyl halides is 6. The van der Waals surface area contributed by atoms with Crippen molar-refractivity contribution in [2.45, 2.75) is 43.1 Å². The number of likely N-dealkylation sites (N-methyl/N-ethyl adjacent to an activating group) is 1. The molecule has 2 aromatic rings. The molecule has 8 nitrogen and oxygen atoms in total. The van der Waals surface area contributed by atoms with Gasteiger partial charge in [-0.05, 0) is 68.1 Å². The summed E-state index contributed by atoms with van der Waals surface area (Å²) in [5.41, 5.74) is -0.464. The van der Waals surface area contributed by atoms with Crippen molar-refractivity contribution < 1.29 is 54.9 Å². The second-order valence-corrected chi connectivity index (χ2v) is 10.2. The summed E-state index contributed by atoms with van der Waals surface area (Å²) in [4.78, 5) is 23.7. The molecule has 0 bridgehead atoms. The number of amides is 2. The number of rotatable bonds is 5. The Labute approximate surface area is 236 Å². The van der Waals surface area contributed by atoms with Crippen LogP contribution in [0.2, 0.25) is 0 Å². The van der Waals surface area contributed by atoms with E-state index < -0.39 is 35.7 Å². The molecule has 4 rings (SSSR count). The molecule has 3 N–H and O–H groups in total. The fraction of sp³-hybridized carbons (Fsp3) is 0.481. The van der Waals surface area contributed by atoms with E-state index in [1.807, 2.05) is 12.1 Å². The monoisotopic (exact) mass is 609 g/mol. The number of anilines is 1. The van der Waals surface area contributed by atoms with Gasteiger partial charge < -0.3 is 30.1 Å². The zero-order chi connectivity index (χ0) is 31.5. The molecular formula is C27H30F7N3O5. The van der Waals surface area contributed by atoms with Crippen molar-refractivity contribution in [1.29, 1.82) is 0 Å². The van der Waals surface area contributed by atoms with Crippen LogP contribution in [-0.2, 0) is 16.4 Å². The number of halogens is 7. The van der Waals surface area contributed by atoms with Crippen LogP contribution in [0.3, 0.4) is 0 Å². The molecule has 3 unspecified atom stereocenters. The topological polar surface area (TPSA) is 100 Å². The van der Waals surface area contributed by atoms with E-state index in [1.54, 1.807) is 14.2 Å². The first-order chi connectivity index (χ1) is 19.5. The molecule has 0 spiro atoms. The molecule has 3 atom stereocenters. The summed E-state index contributed by atoms with van der Waals surface area (Å²) in [7, 11) is 5.28. The van der Waals surface area contributed by atoms with Crippen LogP contribution in [0.1, 0.15) is 30.4 Å². The minimum absolute atomic E-state index is 0.0957. The molecule has 0 aromatic heterocycles. The zero-order valence-electron chi connectivity index (χ0n) is 22.8. The Bertz CT molecular complexity index is 1290. The third kappa shape index (κ3) is 7.55. The van der Waals surface area contributed by atoms with E-state index in [0.717, 1.165) is 32.0 Å². The summed E-state index contributed by atoms with van der Waals surface area (Å²) in [6, 6.07) is 7.67. The number of aliphatic carboxylic acids is 1. The first-order valence-corrected chi connectivity index (χ1v) is 12.7. The Kier molecular flexibility index (Phi) is 9.85. The van der Waals surface area contributed by atoms with Gasteiger partial charge in [0.25, 0.3) is 0 Å². The van der Waals surface area contributed by atoms with Gasteiger partial charge in [0.1, 0.15) is 5.82 Å². The van der Waals surface area contributed by atoms with Gasteiger partial charge in [-0.2, -0.15) is 26.3 Å². The first kappa shape index (κ1) is 32.8.